The third kappa shape index (κ3) is 2.56. The van der Waals surface area contributed by atoms with Crippen molar-refractivity contribution in [3.63, 3.8) is 0 Å². The number of imidazole rings is 1. The fourth-order valence-electron chi connectivity index (χ4n) is 2.55. The van der Waals surface area contributed by atoms with E-state index in [2.05, 4.69) is 4.98 Å². The van der Waals surface area contributed by atoms with Gasteiger partial charge < -0.3 is 9.67 Å². The highest BCUT2D eigenvalue weighted by Crippen LogP contribution is 2.23. The van der Waals surface area contributed by atoms with Crippen LogP contribution in [0.25, 0.3) is 11.0 Å². The lowest BCUT2D eigenvalue weighted by atomic mass is 10.1. The Kier molecular flexibility index (Phi) is 3.60. The number of nitro groups is 1. The zero-order valence-corrected chi connectivity index (χ0v) is 12.0. The molecule has 1 heterocycles. The highest BCUT2D eigenvalue weighted by atomic mass is 16.6. The van der Waals surface area contributed by atoms with E-state index in [-0.39, 0.29) is 5.69 Å². The molecule has 2 aromatic carbocycles. The number of aliphatic hydroxyl groups is 1. The molecule has 0 saturated heterocycles. The van der Waals surface area contributed by atoms with E-state index >= 15 is 0 Å². The smallest absolute Gasteiger partial charge is 0.269 e. The summed E-state index contributed by atoms with van der Waals surface area (Å²) in [6.07, 6.45) is -0.837. The summed E-state index contributed by atoms with van der Waals surface area (Å²) in [5.41, 5.74) is 2.30. The molecule has 1 N–H and O–H groups in total. The van der Waals surface area contributed by atoms with Gasteiger partial charge in [-0.2, -0.15) is 0 Å². The molecule has 0 spiro atoms. The van der Waals surface area contributed by atoms with Gasteiger partial charge in [0.15, 0.2) is 0 Å². The number of para-hydroxylation sites is 2. The lowest BCUT2D eigenvalue weighted by Crippen LogP contribution is -2.10. The lowest BCUT2D eigenvalue weighted by Gasteiger charge is -2.14. The molecule has 112 valence electrons. The molecule has 0 aliphatic carbocycles. The second kappa shape index (κ2) is 5.57. The van der Waals surface area contributed by atoms with Crippen molar-refractivity contribution >= 4 is 16.7 Å². The molecule has 1 aromatic heterocycles. The van der Waals surface area contributed by atoms with Crippen LogP contribution in [0.3, 0.4) is 0 Å². The van der Waals surface area contributed by atoms with Crippen molar-refractivity contribution in [1.82, 2.24) is 9.55 Å². The van der Waals surface area contributed by atoms with Crippen LogP contribution in [0.1, 0.15) is 17.5 Å². The molecule has 6 heteroatoms. The van der Waals surface area contributed by atoms with Crippen LogP contribution in [0.5, 0.6) is 0 Å². The number of nitro benzene ring substituents is 1. The third-order valence-corrected chi connectivity index (χ3v) is 3.67. The van der Waals surface area contributed by atoms with E-state index in [1.807, 2.05) is 35.8 Å². The topological polar surface area (TPSA) is 81.2 Å². The standard InChI is InChI=1S/C16H15N3O3/c1-11-17-14-7-2-3-8-15(14)18(11)10-16(20)12-5-4-6-13(9-12)19(21)22/h2-9,16,20H,10H2,1H3. The Morgan fingerprint density at radius 1 is 1.27 bits per heavy atom. The number of aliphatic hydroxyl groups excluding tert-OH is 1. The molecule has 1 unspecified atom stereocenters. The van der Waals surface area contributed by atoms with Crippen LogP contribution in [0.4, 0.5) is 5.69 Å². The maximum Gasteiger partial charge on any atom is 0.269 e. The minimum Gasteiger partial charge on any atom is -0.387 e. The minimum atomic E-state index is -0.837. The number of hydrogen-bond donors (Lipinski definition) is 1. The van der Waals surface area contributed by atoms with Crippen LogP contribution in [0, 0.1) is 17.0 Å². The van der Waals surface area contributed by atoms with Gasteiger partial charge in [0.05, 0.1) is 28.6 Å². The first kappa shape index (κ1) is 14.2. The molecule has 0 bridgehead atoms. The van der Waals surface area contributed by atoms with Crippen LogP contribution in [-0.4, -0.2) is 19.6 Å². The highest BCUT2D eigenvalue weighted by Gasteiger charge is 2.15. The molecule has 3 aromatic rings. The molecule has 6 nitrogen and oxygen atoms in total. The largest absolute Gasteiger partial charge is 0.387 e. The predicted octanol–water partition coefficient (Wildman–Crippen LogP) is 2.99. The van der Waals surface area contributed by atoms with Gasteiger partial charge in [-0.1, -0.05) is 24.3 Å². The van der Waals surface area contributed by atoms with Crippen LogP contribution in [-0.2, 0) is 6.54 Å². The van der Waals surface area contributed by atoms with Crippen LogP contribution in [0.2, 0.25) is 0 Å². The molecular formula is C16H15N3O3. The monoisotopic (exact) mass is 297 g/mol. The van der Waals surface area contributed by atoms with Crippen LogP contribution in [0.15, 0.2) is 48.5 Å². The van der Waals surface area contributed by atoms with E-state index in [9.17, 15) is 15.2 Å². The fraction of sp³-hybridized carbons (Fsp3) is 0.188. The minimum absolute atomic E-state index is 0.0243. The quantitative estimate of drug-likeness (QED) is 0.593. The SMILES string of the molecule is Cc1nc2ccccc2n1CC(O)c1cccc([N+](=O)[O-])c1. The molecule has 0 radical (unpaired) electrons. The van der Waals surface area contributed by atoms with Crippen molar-refractivity contribution in [3.8, 4) is 0 Å². The number of aromatic nitrogens is 2. The molecule has 0 amide bonds. The second-order valence-electron chi connectivity index (χ2n) is 5.13. The number of rotatable bonds is 4. The average molecular weight is 297 g/mol. The number of benzene rings is 2. The lowest BCUT2D eigenvalue weighted by molar-refractivity contribution is -0.385. The molecule has 22 heavy (non-hydrogen) atoms. The Morgan fingerprint density at radius 3 is 2.82 bits per heavy atom. The summed E-state index contributed by atoms with van der Waals surface area (Å²) in [7, 11) is 0. The Balaban J connectivity index is 1.93. The van der Waals surface area contributed by atoms with E-state index in [1.165, 1.54) is 12.1 Å². The molecular weight excluding hydrogens is 282 g/mol. The van der Waals surface area contributed by atoms with Gasteiger partial charge in [0.2, 0.25) is 0 Å². The number of hydrogen-bond acceptors (Lipinski definition) is 4. The Labute approximate surface area is 126 Å². The van der Waals surface area contributed by atoms with Gasteiger partial charge in [-0.25, -0.2) is 4.98 Å². The van der Waals surface area contributed by atoms with Gasteiger partial charge in [-0.3, -0.25) is 10.1 Å². The first-order valence-electron chi connectivity index (χ1n) is 6.90. The zero-order chi connectivity index (χ0) is 15.7. The summed E-state index contributed by atoms with van der Waals surface area (Å²) < 4.78 is 1.92. The van der Waals surface area contributed by atoms with Gasteiger partial charge in [0, 0.05) is 12.1 Å². The first-order valence-corrected chi connectivity index (χ1v) is 6.90. The fourth-order valence-corrected chi connectivity index (χ4v) is 2.55. The summed E-state index contributed by atoms with van der Waals surface area (Å²) in [4.78, 5) is 14.8. The van der Waals surface area contributed by atoms with E-state index in [0.717, 1.165) is 16.9 Å². The van der Waals surface area contributed by atoms with Gasteiger partial charge in [-0.15, -0.1) is 0 Å². The maximum atomic E-state index is 10.8. The van der Waals surface area contributed by atoms with Gasteiger partial charge in [0.25, 0.3) is 5.69 Å². The molecule has 1 atom stereocenters. The summed E-state index contributed by atoms with van der Waals surface area (Å²) >= 11 is 0. The maximum absolute atomic E-state index is 10.8. The Bertz CT molecular complexity index is 842. The van der Waals surface area contributed by atoms with E-state index in [0.29, 0.717) is 12.1 Å². The van der Waals surface area contributed by atoms with Crippen molar-refractivity contribution in [2.45, 2.75) is 19.6 Å². The van der Waals surface area contributed by atoms with Crippen molar-refractivity contribution in [2.75, 3.05) is 0 Å². The number of nitrogens with zero attached hydrogens (tertiary/aromatic N) is 3. The highest BCUT2D eigenvalue weighted by molar-refractivity contribution is 5.75. The zero-order valence-electron chi connectivity index (χ0n) is 12.0. The molecule has 0 fully saturated rings. The number of fused-ring (bicyclic) bond motifs is 1. The van der Waals surface area contributed by atoms with E-state index in [1.54, 1.807) is 12.1 Å². The Morgan fingerprint density at radius 2 is 2.05 bits per heavy atom. The molecule has 0 aliphatic heterocycles. The number of non-ortho nitro benzene ring substituents is 1. The van der Waals surface area contributed by atoms with Crippen LogP contribution < -0.4 is 0 Å². The van der Waals surface area contributed by atoms with Crippen molar-refractivity contribution < 1.29 is 10.0 Å². The number of aryl methyl sites for hydroxylation is 1. The van der Waals surface area contributed by atoms with Gasteiger partial charge in [0.1, 0.15) is 5.82 Å². The van der Waals surface area contributed by atoms with Crippen molar-refractivity contribution in [3.05, 3.63) is 70.0 Å². The average Bonchev–Trinajstić information content (AvgIpc) is 2.83. The van der Waals surface area contributed by atoms with Gasteiger partial charge >= 0.3 is 0 Å². The first-order chi connectivity index (χ1) is 10.6. The summed E-state index contributed by atoms with van der Waals surface area (Å²) in [6, 6.07) is 13.8. The van der Waals surface area contributed by atoms with Gasteiger partial charge in [-0.05, 0) is 24.6 Å². The van der Waals surface area contributed by atoms with Crippen molar-refractivity contribution in [2.24, 2.45) is 0 Å². The Hall–Kier alpha value is -2.73. The van der Waals surface area contributed by atoms with E-state index < -0.39 is 11.0 Å². The predicted molar refractivity (Wildman–Crippen MR) is 82.5 cm³/mol. The molecule has 0 saturated carbocycles. The van der Waals surface area contributed by atoms with Crippen molar-refractivity contribution in [1.29, 1.82) is 0 Å². The summed E-state index contributed by atoms with van der Waals surface area (Å²) in [5.74, 6) is 0.797. The second-order valence-corrected chi connectivity index (χ2v) is 5.13. The normalized spacial score (nSPS) is 12.5. The third-order valence-electron chi connectivity index (χ3n) is 3.67. The van der Waals surface area contributed by atoms with Crippen LogP contribution >= 0.6 is 0 Å². The summed E-state index contributed by atoms with van der Waals surface area (Å²) in [5, 5.41) is 21.2. The molecule has 0 aliphatic rings. The van der Waals surface area contributed by atoms with E-state index in [4.69, 9.17) is 0 Å². The molecule has 3 rings (SSSR count). The summed E-state index contributed by atoms with van der Waals surface area (Å²) in [6.45, 7) is 2.17.